The van der Waals surface area contributed by atoms with Crippen LogP contribution in [0.5, 0.6) is 0 Å². The highest BCUT2D eigenvalue weighted by Crippen LogP contribution is 2.23. The van der Waals surface area contributed by atoms with E-state index in [1.165, 1.54) is 5.56 Å². The van der Waals surface area contributed by atoms with E-state index in [0.29, 0.717) is 5.92 Å². The average molecular weight is 302 g/mol. The molecule has 0 saturated carbocycles. The molecular weight excluding hydrogens is 280 g/mol. The fraction of sp³-hybridized carbons (Fsp3) is 0.471. The van der Waals surface area contributed by atoms with Crippen LogP contribution >= 0.6 is 11.3 Å². The van der Waals surface area contributed by atoms with Crippen LogP contribution in [0.15, 0.2) is 35.7 Å². The van der Waals surface area contributed by atoms with Crippen LogP contribution in [-0.2, 0) is 13.0 Å². The van der Waals surface area contributed by atoms with E-state index < -0.39 is 0 Å². The van der Waals surface area contributed by atoms with Crippen LogP contribution in [0.3, 0.4) is 0 Å². The van der Waals surface area contributed by atoms with Gasteiger partial charge in [-0.05, 0) is 25.3 Å². The largest absolute Gasteiger partial charge is 0.393 e. The summed E-state index contributed by atoms with van der Waals surface area (Å²) >= 11 is 1.71. The molecule has 4 heteroatoms. The van der Waals surface area contributed by atoms with Crippen molar-refractivity contribution in [2.75, 3.05) is 13.1 Å². The number of thiazole rings is 1. The highest BCUT2D eigenvalue weighted by molar-refractivity contribution is 7.09. The first-order valence-corrected chi connectivity index (χ1v) is 8.44. The summed E-state index contributed by atoms with van der Waals surface area (Å²) in [7, 11) is 0. The van der Waals surface area contributed by atoms with E-state index in [2.05, 4.69) is 39.5 Å². The Morgan fingerprint density at radius 2 is 2.14 bits per heavy atom. The highest BCUT2D eigenvalue weighted by Gasteiger charge is 2.28. The number of hydrogen-bond acceptors (Lipinski definition) is 4. The van der Waals surface area contributed by atoms with Crippen molar-refractivity contribution in [3.05, 3.63) is 52.0 Å². The van der Waals surface area contributed by atoms with Crippen molar-refractivity contribution in [1.29, 1.82) is 0 Å². The SMILES string of the molecule is Cc1nc(CN2CC[C@H](O)[C@H](Cc3ccccc3)C2)cs1. The Hall–Kier alpha value is -1.23. The molecule has 3 nitrogen and oxygen atoms in total. The van der Waals surface area contributed by atoms with Gasteiger partial charge < -0.3 is 5.11 Å². The van der Waals surface area contributed by atoms with Crippen molar-refractivity contribution in [2.45, 2.75) is 32.4 Å². The van der Waals surface area contributed by atoms with Crippen LogP contribution in [0.25, 0.3) is 0 Å². The third-order valence-electron chi connectivity index (χ3n) is 4.17. The molecule has 2 aromatic rings. The molecule has 21 heavy (non-hydrogen) atoms. The molecule has 3 rings (SSSR count). The van der Waals surface area contributed by atoms with Crippen LogP contribution in [0.2, 0.25) is 0 Å². The number of aliphatic hydroxyl groups excluding tert-OH is 1. The summed E-state index contributed by atoms with van der Waals surface area (Å²) < 4.78 is 0. The monoisotopic (exact) mass is 302 g/mol. The molecular formula is C17H22N2OS. The molecule has 1 aliphatic rings. The maximum absolute atomic E-state index is 10.3. The molecule has 0 unspecified atom stereocenters. The van der Waals surface area contributed by atoms with E-state index in [1.807, 2.05) is 13.0 Å². The van der Waals surface area contributed by atoms with Gasteiger partial charge in [-0.2, -0.15) is 0 Å². The minimum absolute atomic E-state index is 0.182. The molecule has 0 bridgehead atoms. The van der Waals surface area contributed by atoms with Gasteiger partial charge in [-0.1, -0.05) is 30.3 Å². The van der Waals surface area contributed by atoms with Gasteiger partial charge >= 0.3 is 0 Å². The van der Waals surface area contributed by atoms with Crippen molar-refractivity contribution in [1.82, 2.24) is 9.88 Å². The summed E-state index contributed by atoms with van der Waals surface area (Å²) in [5, 5.41) is 13.6. The molecule has 2 atom stereocenters. The van der Waals surface area contributed by atoms with Crippen LogP contribution in [0.4, 0.5) is 0 Å². The molecule has 1 aliphatic heterocycles. The molecule has 2 heterocycles. The first-order valence-electron chi connectivity index (χ1n) is 7.56. The Morgan fingerprint density at radius 1 is 1.33 bits per heavy atom. The summed E-state index contributed by atoms with van der Waals surface area (Å²) in [4.78, 5) is 6.97. The quantitative estimate of drug-likeness (QED) is 0.943. The zero-order valence-corrected chi connectivity index (χ0v) is 13.2. The maximum atomic E-state index is 10.3. The topological polar surface area (TPSA) is 36.4 Å². The van der Waals surface area contributed by atoms with E-state index in [-0.39, 0.29) is 6.10 Å². The summed E-state index contributed by atoms with van der Waals surface area (Å²) in [6, 6.07) is 10.5. The minimum atomic E-state index is -0.182. The van der Waals surface area contributed by atoms with Gasteiger partial charge in [0, 0.05) is 30.9 Å². The molecule has 0 radical (unpaired) electrons. The lowest BCUT2D eigenvalue weighted by atomic mass is 9.88. The van der Waals surface area contributed by atoms with Crippen LogP contribution in [0.1, 0.15) is 22.7 Å². The van der Waals surface area contributed by atoms with Gasteiger partial charge in [0.05, 0.1) is 16.8 Å². The summed E-state index contributed by atoms with van der Waals surface area (Å²) in [6.45, 7) is 4.87. The normalized spacial score (nSPS) is 23.3. The van der Waals surface area contributed by atoms with Gasteiger partial charge in [0.2, 0.25) is 0 Å². The molecule has 1 saturated heterocycles. The number of aromatic nitrogens is 1. The number of benzene rings is 1. The van der Waals surface area contributed by atoms with Gasteiger partial charge in [0.25, 0.3) is 0 Å². The molecule has 0 aliphatic carbocycles. The predicted octanol–water partition coefficient (Wildman–Crippen LogP) is 2.88. The molecule has 112 valence electrons. The fourth-order valence-electron chi connectivity index (χ4n) is 3.07. The zero-order chi connectivity index (χ0) is 14.7. The van der Waals surface area contributed by atoms with E-state index in [9.17, 15) is 5.11 Å². The van der Waals surface area contributed by atoms with E-state index in [4.69, 9.17) is 0 Å². The number of likely N-dealkylation sites (tertiary alicyclic amines) is 1. The van der Waals surface area contributed by atoms with Crippen molar-refractivity contribution in [3.63, 3.8) is 0 Å². The molecule has 1 aromatic carbocycles. The van der Waals surface area contributed by atoms with Gasteiger partial charge in [0.1, 0.15) is 0 Å². The predicted molar refractivity (Wildman–Crippen MR) is 86.4 cm³/mol. The Bertz CT molecular complexity index is 569. The molecule has 1 aromatic heterocycles. The third kappa shape index (κ3) is 3.90. The number of nitrogens with zero attached hydrogens (tertiary/aromatic N) is 2. The summed E-state index contributed by atoms with van der Waals surface area (Å²) in [5.74, 6) is 0.320. The summed E-state index contributed by atoms with van der Waals surface area (Å²) in [5.41, 5.74) is 2.47. The average Bonchev–Trinajstić information content (AvgIpc) is 2.89. The van der Waals surface area contributed by atoms with Crippen molar-refractivity contribution in [3.8, 4) is 0 Å². The maximum Gasteiger partial charge on any atom is 0.0897 e. The third-order valence-corrected chi connectivity index (χ3v) is 4.99. The standard InChI is InChI=1S/C17H22N2OS/c1-13-18-16(12-21-13)11-19-8-7-17(20)15(10-19)9-14-5-3-2-4-6-14/h2-6,12,15,17,20H,7-11H2,1H3/t15-,17+/m1/s1. The van der Waals surface area contributed by atoms with Crippen LogP contribution in [0, 0.1) is 12.8 Å². The molecule has 0 amide bonds. The van der Waals surface area contributed by atoms with Crippen LogP contribution in [-0.4, -0.2) is 34.2 Å². The Morgan fingerprint density at radius 3 is 2.86 bits per heavy atom. The number of aliphatic hydroxyl groups is 1. The van der Waals surface area contributed by atoms with Gasteiger partial charge in [0.15, 0.2) is 0 Å². The molecule has 1 fully saturated rings. The second kappa shape index (κ2) is 6.69. The van der Waals surface area contributed by atoms with Gasteiger partial charge in [-0.25, -0.2) is 4.98 Å². The highest BCUT2D eigenvalue weighted by atomic mass is 32.1. The smallest absolute Gasteiger partial charge is 0.0897 e. The zero-order valence-electron chi connectivity index (χ0n) is 12.4. The number of hydrogen-bond donors (Lipinski definition) is 1. The lowest BCUT2D eigenvalue weighted by Gasteiger charge is -2.36. The lowest BCUT2D eigenvalue weighted by Crippen LogP contribution is -2.43. The van der Waals surface area contributed by atoms with Crippen molar-refractivity contribution in [2.24, 2.45) is 5.92 Å². The van der Waals surface area contributed by atoms with E-state index in [1.54, 1.807) is 11.3 Å². The Kier molecular flexibility index (Phi) is 4.68. The van der Waals surface area contributed by atoms with Gasteiger partial charge in [-0.15, -0.1) is 11.3 Å². The second-order valence-corrected chi connectivity index (χ2v) is 6.96. The van der Waals surface area contributed by atoms with Crippen LogP contribution < -0.4 is 0 Å². The molecule has 0 spiro atoms. The summed E-state index contributed by atoms with van der Waals surface area (Å²) in [6.07, 6.45) is 1.63. The lowest BCUT2D eigenvalue weighted by molar-refractivity contribution is 0.0235. The number of piperidine rings is 1. The first-order chi connectivity index (χ1) is 10.2. The fourth-order valence-corrected chi connectivity index (χ4v) is 3.67. The minimum Gasteiger partial charge on any atom is -0.393 e. The van der Waals surface area contributed by atoms with E-state index >= 15 is 0 Å². The Balaban J connectivity index is 1.61. The Labute approximate surface area is 130 Å². The first kappa shape index (κ1) is 14.7. The van der Waals surface area contributed by atoms with E-state index in [0.717, 1.165) is 43.2 Å². The van der Waals surface area contributed by atoms with Crippen molar-refractivity contribution >= 4 is 11.3 Å². The second-order valence-electron chi connectivity index (χ2n) is 5.90. The number of aryl methyl sites for hydroxylation is 1. The molecule has 1 N–H and O–H groups in total. The van der Waals surface area contributed by atoms with Gasteiger partial charge in [-0.3, -0.25) is 4.90 Å². The number of rotatable bonds is 4. The van der Waals surface area contributed by atoms with Crippen molar-refractivity contribution < 1.29 is 5.11 Å².